The zero-order valence-electron chi connectivity index (χ0n) is 7.75. The van der Waals surface area contributed by atoms with E-state index in [0.717, 1.165) is 25.2 Å². The van der Waals surface area contributed by atoms with E-state index in [9.17, 15) is 4.79 Å². The van der Waals surface area contributed by atoms with Gasteiger partial charge in [0.25, 0.3) is 0 Å². The molecular weight excluding hydrogens is 164 g/mol. The van der Waals surface area contributed by atoms with Crippen LogP contribution in [0.4, 0.5) is 0 Å². The zero-order valence-corrected chi connectivity index (χ0v) is 7.75. The zero-order chi connectivity index (χ0) is 9.52. The molecule has 2 nitrogen and oxygen atoms in total. The standard InChI is InChI=1S/C11H13O2/c1-2-3-8-13-11-6-4-10(9-12)5-7-11/h4-7H,2-3,8H2,1H3. The van der Waals surface area contributed by atoms with Crippen LogP contribution in [0.15, 0.2) is 24.3 Å². The highest BCUT2D eigenvalue weighted by atomic mass is 16.5. The SMILES string of the molecule is CCCCOc1ccc([C]=O)cc1. The minimum atomic E-state index is 0.558. The molecule has 0 aliphatic carbocycles. The molecule has 0 aliphatic heterocycles. The summed E-state index contributed by atoms with van der Waals surface area (Å²) in [4.78, 5) is 10.2. The van der Waals surface area contributed by atoms with Gasteiger partial charge in [0.2, 0.25) is 6.29 Å². The Balaban J connectivity index is 2.44. The predicted molar refractivity (Wildman–Crippen MR) is 51.6 cm³/mol. The maximum absolute atomic E-state index is 10.2. The largest absolute Gasteiger partial charge is 0.494 e. The van der Waals surface area contributed by atoms with E-state index in [1.54, 1.807) is 24.3 Å². The van der Waals surface area contributed by atoms with Crippen molar-refractivity contribution in [1.82, 2.24) is 0 Å². The lowest BCUT2D eigenvalue weighted by Crippen LogP contribution is -1.96. The molecular formula is C11H13O2. The van der Waals surface area contributed by atoms with Crippen LogP contribution in [-0.2, 0) is 4.79 Å². The average molecular weight is 177 g/mol. The highest BCUT2D eigenvalue weighted by Gasteiger charge is 1.93. The number of hydrogen-bond donors (Lipinski definition) is 0. The fraction of sp³-hybridized carbons (Fsp3) is 0.364. The Hall–Kier alpha value is -1.31. The molecule has 0 atom stereocenters. The van der Waals surface area contributed by atoms with Gasteiger partial charge in [-0.15, -0.1) is 0 Å². The van der Waals surface area contributed by atoms with Gasteiger partial charge >= 0.3 is 0 Å². The summed E-state index contributed by atoms with van der Waals surface area (Å²) in [5, 5.41) is 0. The third kappa shape index (κ3) is 3.28. The maximum Gasteiger partial charge on any atom is 0.233 e. The molecule has 0 heterocycles. The van der Waals surface area contributed by atoms with E-state index in [4.69, 9.17) is 4.74 Å². The molecule has 1 radical (unpaired) electrons. The van der Waals surface area contributed by atoms with Gasteiger partial charge in [-0.25, -0.2) is 0 Å². The molecule has 2 heteroatoms. The molecule has 0 aliphatic rings. The monoisotopic (exact) mass is 177 g/mol. The molecule has 0 unspecified atom stereocenters. The van der Waals surface area contributed by atoms with Crippen molar-refractivity contribution < 1.29 is 9.53 Å². The van der Waals surface area contributed by atoms with Crippen LogP contribution in [0.2, 0.25) is 0 Å². The lowest BCUT2D eigenvalue weighted by molar-refractivity contribution is 0.309. The predicted octanol–water partition coefficient (Wildman–Crippen LogP) is 2.32. The molecule has 1 aromatic carbocycles. The molecule has 0 fully saturated rings. The van der Waals surface area contributed by atoms with Gasteiger partial charge in [-0.2, -0.15) is 0 Å². The Labute approximate surface area is 78.5 Å². The third-order valence-corrected chi connectivity index (χ3v) is 1.74. The molecule has 1 aromatic rings. The van der Waals surface area contributed by atoms with E-state index in [1.165, 1.54) is 0 Å². The minimum Gasteiger partial charge on any atom is -0.494 e. The summed E-state index contributed by atoms with van der Waals surface area (Å²) in [6.45, 7) is 2.86. The molecule has 0 bridgehead atoms. The molecule has 0 amide bonds. The summed E-state index contributed by atoms with van der Waals surface area (Å²) in [5.41, 5.74) is 0.558. The summed E-state index contributed by atoms with van der Waals surface area (Å²) in [6, 6.07) is 6.98. The highest BCUT2D eigenvalue weighted by Crippen LogP contribution is 2.11. The second-order valence-corrected chi connectivity index (χ2v) is 2.83. The Bertz CT molecular complexity index is 251. The van der Waals surface area contributed by atoms with Crippen molar-refractivity contribution in [3.63, 3.8) is 0 Å². The van der Waals surface area contributed by atoms with Crippen LogP contribution in [0.5, 0.6) is 5.75 Å². The van der Waals surface area contributed by atoms with Crippen molar-refractivity contribution in [2.45, 2.75) is 19.8 Å². The highest BCUT2D eigenvalue weighted by molar-refractivity contribution is 5.75. The van der Waals surface area contributed by atoms with Gasteiger partial charge < -0.3 is 4.74 Å². The number of rotatable bonds is 5. The van der Waals surface area contributed by atoms with Gasteiger partial charge in [-0.3, -0.25) is 4.79 Å². The van der Waals surface area contributed by atoms with E-state index in [0.29, 0.717) is 5.56 Å². The maximum atomic E-state index is 10.2. The lowest BCUT2D eigenvalue weighted by atomic mass is 10.2. The quantitative estimate of drug-likeness (QED) is 0.645. The number of hydrogen-bond acceptors (Lipinski definition) is 2. The van der Waals surface area contributed by atoms with Crippen molar-refractivity contribution in [1.29, 1.82) is 0 Å². The fourth-order valence-electron chi connectivity index (χ4n) is 0.954. The van der Waals surface area contributed by atoms with Crippen molar-refractivity contribution >= 4 is 6.29 Å². The Kier molecular flexibility index (Phi) is 4.03. The Morgan fingerprint density at radius 2 is 2.00 bits per heavy atom. The fourth-order valence-corrected chi connectivity index (χ4v) is 0.954. The topological polar surface area (TPSA) is 26.3 Å². The van der Waals surface area contributed by atoms with Crippen LogP contribution in [0.3, 0.4) is 0 Å². The van der Waals surface area contributed by atoms with Gasteiger partial charge in [-0.1, -0.05) is 13.3 Å². The van der Waals surface area contributed by atoms with Crippen LogP contribution in [0.1, 0.15) is 25.3 Å². The summed E-state index contributed by atoms with van der Waals surface area (Å²) in [6.07, 6.45) is 4.00. The minimum absolute atomic E-state index is 0.558. The molecule has 0 saturated carbocycles. The van der Waals surface area contributed by atoms with Gasteiger partial charge in [0.1, 0.15) is 5.75 Å². The Morgan fingerprint density at radius 3 is 2.54 bits per heavy atom. The summed E-state index contributed by atoms with van der Waals surface area (Å²) >= 11 is 0. The third-order valence-electron chi connectivity index (χ3n) is 1.74. The number of ether oxygens (including phenoxy) is 1. The van der Waals surface area contributed by atoms with Gasteiger partial charge in [-0.05, 0) is 30.7 Å². The van der Waals surface area contributed by atoms with Crippen molar-refractivity contribution in [3.8, 4) is 5.75 Å². The molecule has 69 valence electrons. The molecule has 13 heavy (non-hydrogen) atoms. The first-order valence-electron chi connectivity index (χ1n) is 4.48. The van der Waals surface area contributed by atoms with Crippen LogP contribution < -0.4 is 4.74 Å². The first-order chi connectivity index (χ1) is 6.36. The number of benzene rings is 1. The van der Waals surface area contributed by atoms with Gasteiger partial charge in [0.05, 0.1) is 6.61 Å². The lowest BCUT2D eigenvalue weighted by Gasteiger charge is -2.04. The second-order valence-electron chi connectivity index (χ2n) is 2.83. The van der Waals surface area contributed by atoms with Crippen molar-refractivity contribution in [3.05, 3.63) is 29.8 Å². The van der Waals surface area contributed by atoms with E-state index in [-0.39, 0.29) is 0 Å². The normalized spacial score (nSPS) is 9.62. The van der Waals surface area contributed by atoms with Crippen LogP contribution in [0.25, 0.3) is 0 Å². The van der Waals surface area contributed by atoms with Gasteiger partial charge in [0.15, 0.2) is 0 Å². The Morgan fingerprint density at radius 1 is 1.31 bits per heavy atom. The number of carbonyl (C=O) groups excluding carboxylic acids is 1. The molecule has 0 saturated heterocycles. The van der Waals surface area contributed by atoms with E-state index >= 15 is 0 Å². The first-order valence-corrected chi connectivity index (χ1v) is 4.48. The smallest absolute Gasteiger partial charge is 0.233 e. The van der Waals surface area contributed by atoms with E-state index in [2.05, 4.69) is 6.92 Å². The van der Waals surface area contributed by atoms with Crippen LogP contribution in [0, 0.1) is 0 Å². The van der Waals surface area contributed by atoms with Crippen molar-refractivity contribution in [2.75, 3.05) is 6.61 Å². The van der Waals surface area contributed by atoms with Crippen LogP contribution >= 0.6 is 0 Å². The second kappa shape index (κ2) is 5.36. The summed E-state index contributed by atoms with van der Waals surface area (Å²) in [5.74, 6) is 0.812. The van der Waals surface area contributed by atoms with E-state index < -0.39 is 0 Å². The van der Waals surface area contributed by atoms with Crippen LogP contribution in [-0.4, -0.2) is 12.9 Å². The number of unbranched alkanes of at least 4 members (excludes halogenated alkanes) is 1. The first kappa shape index (κ1) is 9.78. The summed E-state index contributed by atoms with van der Waals surface area (Å²) < 4.78 is 5.42. The van der Waals surface area contributed by atoms with E-state index in [1.807, 2.05) is 6.29 Å². The molecule has 0 N–H and O–H groups in total. The molecule has 0 spiro atoms. The van der Waals surface area contributed by atoms with Crippen molar-refractivity contribution in [2.24, 2.45) is 0 Å². The average Bonchev–Trinajstić information content (AvgIpc) is 2.19. The molecule has 1 rings (SSSR count). The van der Waals surface area contributed by atoms with Gasteiger partial charge in [0, 0.05) is 5.56 Å². The molecule has 0 aromatic heterocycles. The summed E-state index contributed by atoms with van der Waals surface area (Å²) in [7, 11) is 0.